The van der Waals surface area contributed by atoms with Gasteiger partial charge in [0.2, 0.25) is 15.9 Å². The lowest BCUT2D eigenvalue weighted by Crippen LogP contribution is -2.52. The number of methoxy groups -OCH3 is 2. The molecule has 1 atom stereocenters. The normalized spacial score (nSPS) is 17.2. The number of benzene rings is 1. The number of hydrogen-bond donors (Lipinski definition) is 1. The highest BCUT2D eigenvalue weighted by atomic mass is 32.2. The summed E-state index contributed by atoms with van der Waals surface area (Å²) in [5, 5.41) is 2.98. The summed E-state index contributed by atoms with van der Waals surface area (Å²) < 4.78 is 36.6. The summed E-state index contributed by atoms with van der Waals surface area (Å²) in [5.41, 5.74) is 0.269. The van der Waals surface area contributed by atoms with Crippen LogP contribution in [0.15, 0.2) is 18.2 Å². The van der Waals surface area contributed by atoms with E-state index in [2.05, 4.69) is 10.2 Å². The predicted molar refractivity (Wildman–Crippen MR) is 105 cm³/mol. The molecule has 2 rings (SSSR count). The first-order chi connectivity index (χ1) is 12.7. The Morgan fingerprint density at radius 1 is 1.26 bits per heavy atom. The van der Waals surface area contributed by atoms with E-state index in [0.29, 0.717) is 11.5 Å². The number of carbonyl (C=O) groups is 1. The summed E-state index contributed by atoms with van der Waals surface area (Å²) in [6.07, 6.45) is 2.76. The number of piperidine rings is 1. The van der Waals surface area contributed by atoms with Crippen LogP contribution in [-0.2, 0) is 14.8 Å². The highest BCUT2D eigenvalue weighted by molar-refractivity contribution is 7.92. The van der Waals surface area contributed by atoms with Gasteiger partial charge in [-0.15, -0.1) is 0 Å². The van der Waals surface area contributed by atoms with E-state index in [1.165, 1.54) is 14.2 Å². The van der Waals surface area contributed by atoms with Gasteiger partial charge in [-0.3, -0.25) is 9.10 Å². The molecule has 0 bridgehead atoms. The molecule has 1 aliphatic heterocycles. The van der Waals surface area contributed by atoms with E-state index < -0.39 is 16.1 Å². The second-order valence-electron chi connectivity index (χ2n) is 6.86. The Bertz CT molecular complexity index is 760. The molecule has 1 aromatic carbocycles. The average molecular weight is 400 g/mol. The van der Waals surface area contributed by atoms with Crippen molar-refractivity contribution in [2.24, 2.45) is 0 Å². The minimum atomic E-state index is -3.74. The predicted octanol–water partition coefficient (Wildman–Crippen LogP) is 1.07. The highest BCUT2D eigenvalue weighted by Crippen LogP contribution is 2.35. The van der Waals surface area contributed by atoms with E-state index in [1.807, 2.05) is 7.05 Å². The molecule has 0 spiro atoms. The van der Waals surface area contributed by atoms with Crippen LogP contribution in [0.4, 0.5) is 5.69 Å². The fraction of sp³-hybridized carbons (Fsp3) is 0.611. The smallest absolute Gasteiger partial charge is 0.243 e. The summed E-state index contributed by atoms with van der Waals surface area (Å²) in [4.78, 5) is 15.0. The summed E-state index contributed by atoms with van der Waals surface area (Å²) in [6.45, 7) is 3.38. The quantitative estimate of drug-likeness (QED) is 0.738. The van der Waals surface area contributed by atoms with Crippen molar-refractivity contribution in [3.8, 4) is 11.5 Å². The molecule has 1 aromatic rings. The van der Waals surface area contributed by atoms with Gasteiger partial charge in [-0.1, -0.05) is 0 Å². The van der Waals surface area contributed by atoms with Gasteiger partial charge in [-0.25, -0.2) is 8.42 Å². The number of ether oxygens (including phenoxy) is 2. The molecule has 0 aliphatic carbocycles. The van der Waals surface area contributed by atoms with Gasteiger partial charge >= 0.3 is 0 Å². The Balaban J connectivity index is 2.30. The standard InChI is InChI=1S/C18H29N3O5S/c1-13(18(22)19-14-8-10-20(2)11-9-14)21(27(5,23)24)16-12-15(25-3)6-7-17(16)26-4/h6-7,12-14H,8-11H2,1-5H3,(H,19,22)/t13-/m0/s1. The fourth-order valence-corrected chi connectivity index (χ4v) is 4.39. The topological polar surface area (TPSA) is 88.2 Å². The van der Waals surface area contributed by atoms with Crippen molar-refractivity contribution >= 4 is 21.6 Å². The van der Waals surface area contributed by atoms with E-state index in [4.69, 9.17) is 9.47 Å². The first kappa shape index (κ1) is 21.3. The molecule has 0 aromatic heterocycles. The number of nitrogens with zero attached hydrogens (tertiary/aromatic N) is 2. The molecule has 1 amide bonds. The molecule has 1 saturated heterocycles. The van der Waals surface area contributed by atoms with E-state index in [-0.39, 0.29) is 17.6 Å². The van der Waals surface area contributed by atoms with E-state index >= 15 is 0 Å². The number of nitrogens with one attached hydrogen (secondary N) is 1. The number of hydrogen-bond acceptors (Lipinski definition) is 6. The minimum Gasteiger partial charge on any atom is -0.497 e. The lowest BCUT2D eigenvalue weighted by atomic mass is 10.1. The van der Waals surface area contributed by atoms with Crippen molar-refractivity contribution in [1.29, 1.82) is 0 Å². The monoisotopic (exact) mass is 399 g/mol. The average Bonchev–Trinajstić information content (AvgIpc) is 2.62. The van der Waals surface area contributed by atoms with Gasteiger partial charge in [-0.05, 0) is 52.0 Å². The SMILES string of the molecule is COc1ccc(OC)c(N([C@@H](C)C(=O)NC2CCN(C)CC2)S(C)(=O)=O)c1. The van der Waals surface area contributed by atoms with Crippen molar-refractivity contribution in [2.45, 2.75) is 31.8 Å². The lowest BCUT2D eigenvalue weighted by Gasteiger charge is -2.33. The molecule has 0 unspecified atom stereocenters. The molecule has 0 saturated carbocycles. The maximum atomic E-state index is 12.8. The first-order valence-corrected chi connectivity index (χ1v) is 10.7. The van der Waals surface area contributed by atoms with Crippen LogP contribution in [0.25, 0.3) is 0 Å². The second kappa shape index (κ2) is 8.79. The molecule has 1 fully saturated rings. The van der Waals surface area contributed by atoms with E-state index in [0.717, 1.165) is 36.5 Å². The fourth-order valence-electron chi connectivity index (χ4n) is 3.22. The Hall–Kier alpha value is -2.00. The molecular formula is C18H29N3O5S. The maximum Gasteiger partial charge on any atom is 0.243 e. The summed E-state index contributed by atoms with van der Waals surface area (Å²) in [7, 11) is 1.25. The lowest BCUT2D eigenvalue weighted by molar-refractivity contribution is -0.122. The second-order valence-corrected chi connectivity index (χ2v) is 8.72. The van der Waals surface area contributed by atoms with Crippen LogP contribution < -0.4 is 19.1 Å². The van der Waals surface area contributed by atoms with Crippen LogP contribution in [0.5, 0.6) is 11.5 Å². The van der Waals surface area contributed by atoms with Crippen molar-refractivity contribution in [2.75, 3.05) is 44.9 Å². The minimum absolute atomic E-state index is 0.0461. The molecule has 8 nitrogen and oxygen atoms in total. The Labute approximate surface area is 161 Å². The highest BCUT2D eigenvalue weighted by Gasteiger charge is 2.33. The van der Waals surface area contributed by atoms with Crippen molar-refractivity contribution < 1.29 is 22.7 Å². The zero-order valence-electron chi connectivity index (χ0n) is 16.6. The van der Waals surface area contributed by atoms with E-state index in [9.17, 15) is 13.2 Å². The van der Waals surface area contributed by atoms with Crippen LogP contribution in [-0.4, -0.2) is 71.9 Å². The third-order valence-corrected chi connectivity index (χ3v) is 6.00. The van der Waals surface area contributed by atoms with Crippen molar-refractivity contribution in [1.82, 2.24) is 10.2 Å². The molecule has 1 heterocycles. The molecule has 9 heteroatoms. The molecule has 0 radical (unpaired) electrons. The van der Waals surface area contributed by atoms with Crippen molar-refractivity contribution in [3.05, 3.63) is 18.2 Å². The van der Waals surface area contributed by atoms with Crippen LogP contribution >= 0.6 is 0 Å². The van der Waals surface area contributed by atoms with Gasteiger partial charge < -0.3 is 19.7 Å². The number of carbonyl (C=O) groups excluding carboxylic acids is 1. The van der Waals surface area contributed by atoms with Crippen LogP contribution in [0.3, 0.4) is 0 Å². The Morgan fingerprint density at radius 2 is 1.89 bits per heavy atom. The molecule has 1 aliphatic rings. The number of likely N-dealkylation sites (tertiary alicyclic amines) is 1. The van der Waals surface area contributed by atoms with Crippen molar-refractivity contribution in [3.63, 3.8) is 0 Å². The van der Waals surface area contributed by atoms with Gasteiger partial charge in [0.1, 0.15) is 17.5 Å². The Kier molecular flexibility index (Phi) is 6.94. The molecular weight excluding hydrogens is 370 g/mol. The van der Waals surface area contributed by atoms with Gasteiger partial charge in [0.15, 0.2) is 0 Å². The maximum absolute atomic E-state index is 12.8. The molecule has 1 N–H and O–H groups in total. The summed E-state index contributed by atoms with van der Waals surface area (Å²) in [6, 6.07) is 3.96. The number of amides is 1. The van der Waals surface area contributed by atoms with Gasteiger partial charge in [-0.2, -0.15) is 0 Å². The van der Waals surface area contributed by atoms with Crippen LogP contribution in [0.1, 0.15) is 19.8 Å². The first-order valence-electron chi connectivity index (χ1n) is 8.87. The van der Waals surface area contributed by atoms with Crippen LogP contribution in [0, 0.1) is 0 Å². The van der Waals surface area contributed by atoms with Gasteiger partial charge in [0.05, 0.1) is 26.2 Å². The molecule has 152 valence electrons. The number of rotatable bonds is 7. The third kappa shape index (κ3) is 5.26. The van der Waals surface area contributed by atoms with Gasteiger partial charge in [0, 0.05) is 12.1 Å². The number of sulfonamides is 1. The molecule has 27 heavy (non-hydrogen) atoms. The number of anilines is 1. The third-order valence-electron chi connectivity index (χ3n) is 4.78. The summed E-state index contributed by atoms with van der Waals surface area (Å²) in [5.74, 6) is 0.488. The van der Waals surface area contributed by atoms with Gasteiger partial charge in [0.25, 0.3) is 0 Å². The van der Waals surface area contributed by atoms with Crippen LogP contribution in [0.2, 0.25) is 0 Å². The largest absolute Gasteiger partial charge is 0.497 e. The Morgan fingerprint density at radius 3 is 2.41 bits per heavy atom. The summed E-state index contributed by atoms with van der Waals surface area (Å²) >= 11 is 0. The zero-order chi connectivity index (χ0) is 20.2. The van der Waals surface area contributed by atoms with E-state index in [1.54, 1.807) is 25.1 Å². The zero-order valence-corrected chi connectivity index (χ0v) is 17.4.